The molecule has 0 fully saturated rings. The molecule has 0 unspecified atom stereocenters. The van der Waals surface area contributed by atoms with Crippen LogP contribution in [0.1, 0.15) is 10.4 Å². The van der Waals surface area contributed by atoms with E-state index in [1.807, 2.05) is 0 Å². The highest BCUT2D eigenvalue weighted by molar-refractivity contribution is 7.90. The summed E-state index contributed by atoms with van der Waals surface area (Å²) in [7, 11) is -2.98. The Bertz CT molecular complexity index is 564. The number of benzene rings is 1. The van der Waals surface area contributed by atoms with Crippen molar-refractivity contribution in [1.82, 2.24) is 0 Å². The van der Waals surface area contributed by atoms with Crippen molar-refractivity contribution in [3.8, 4) is 0 Å². The Morgan fingerprint density at radius 2 is 1.88 bits per heavy atom. The van der Waals surface area contributed by atoms with Crippen molar-refractivity contribution in [2.24, 2.45) is 4.40 Å². The van der Waals surface area contributed by atoms with Crippen molar-refractivity contribution in [2.75, 3.05) is 7.11 Å². The first kappa shape index (κ1) is 14.0. The summed E-state index contributed by atoms with van der Waals surface area (Å²) in [6, 6.07) is 5.45. The Morgan fingerprint density at radius 1 is 1.29 bits per heavy atom. The SMILES string of the molecule is COC(=O)c1ccccc1S(=O)(=O)N=C(Cl)Cl. The Morgan fingerprint density at radius 3 is 2.41 bits per heavy atom. The number of hydrogen-bond donors (Lipinski definition) is 0. The number of nitrogens with zero attached hydrogens (tertiary/aromatic N) is 1. The van der Waals surface area contributed by atoms with Crippen LogP contribution in [0.4, 0.5) is 0 Å². The Kier molecular flexibility index (Phi) is 4.50. The van der Waals surface area contributed by atoms with Gasteiger partial charge < -0.3 is 4.74 Å². The summed E-state index contributed by atoms with van der Waals surface area (Å²) < 4.78 is 30.3. The van der Waals surface area contributed by atoms with Crippen LogP contribution in [0.3, 0.4) is 0 Å². The van der Waals surface area contributed by atoms with Gasteiger partial charge in [0.1, 0.15) is 4.90 Å². The highest BCUT2D eigenvalue weighted by Gasteiger charge is 2.22. The van der Waals surface area contributed by atoms with Gasteiger partial charge in [-0.25, -0.2) is 4.79 Å². The fourth-order valence-corrected chi connectivity index (χ4v) is 2.62. The van der Waals surface area contributed by atoms with Crippen LogP contribution in [-0.2, 0) is 14.8 Å². The highest BCUT2D eigenvalue weighted by atomic mass is 35.5. The molecule has 8 heteroatoms. The van der Waals surface area contributed by atoms with Crippen molar-refractivity contribution < 1.29 is 17.9 Å². The van der Waals surface area contributed by atoms with Gasteiger partial charge in [-0.2, -0.15) is 8.42 Å². The quantitative estimate of drug-likeness (QED) is 0.631. The number of methoxy groups -OCH3 is 1. The van der Waals surface area contributed by atoms with Gasteiger partial charge >= 0.3 is 5.97 Å². The second-order valence-corrected chi connectivity index (χ2v) is 5.28. The third kappa shape index (κ3) is 3.42. The van der Waals surface area contributed by atoms with E-state index in [0.29, 0.717) is 0 Å². The summed E-state index contributed by atoms with van der Waals surface area (Å²) in [5, 5.41) is 0. The molecule has 92 valence electrons. The number of sulfonamides is 1. The first-order valence-corrected chi connectivity index (χ1v) is 6.41. The molecule has 0 heterocycles. The molecule has 0 aliphatic rings. The van der Waals surface area contributed by atoms with E-state index < -0.39 is 20.6 Å². The van der Waals surface area contributed by atoms with Crippen molar-refractivity contribution in [3.63, 3.8) is 0 Å². The molecular formula is C9H7Cl2NO4S. The minimum atomic E-state index is -4.12. The van der Waals surface area contributed by atoms with Gasteiger partial charge in [-0.3, -0.25) is 0 Å². The number of carbonyl (C=O) groups is 1. The Hall–Kier alpha value is -1.11. The molecule has 1 aromatic rings. The zero-order valence-electron chi connectivity index (χ0n) is 8.55. The Balaban J connectivity index is 3.43. The van der Waals surface area contributed by atoms with Crippen LogP contribution in [0.2, 0.25) is 0 Å². The topological polar surface area (TPSA) is 72.8 Å². The maximum atomic E-state index is 11.7. The van der Waals surface area contributed by atoms with E-state index in [-0.39, 0.29) is 10.5 Å². The first-order chi connectivity index (χ1) is 7.88. The summed E-state index contributed by atoms with van der Waals surface area (Å²) in [4.78, 5) is 11.1. The second kappa shape index (κ2) is 5.48. The lowest BCUT2D eigenvalue weighted by atomic mass is 10.2. The van der Waals surface area contributed by atoms with Gasteiger partial charge in [0.25, 0.3) is 10.0 Å². The van der Waals surface area contributed by atoms with Crippen LogP contribution in [0.15, 0.2) is 33.6 Å². The van der Waals surface area contributed by atoms with Crippen LogP contribution < -0.4 is 0 Å². The van der Waals surface area contributed by atoms with Crippen LogP contribution >= 0.6 is 23.2 Å². The molecule has 0 aliphatic heterocycles. The summed E-state index contributed by atoms with van der Waals surface area (Å²) in [5.74, 6) is -0.787. The second-order valence-electron chi connectivity index (χ2n) is 2.79. The normalized spacial score (nSPS) is 10.8. The van der Waals surface area contributed by atoms with E-state index in [4.69, 9.17) is 23.2 Å². The maximum Gasteiger partial charge on any atom is 0.339 e. The highest BCUT2D eigenvalue weighted by Crippen LogP contribution is 2.19. The average molecular weight is 296 g/mol. The lowest BCUT2D eigenvalue weighted by Crippen LogP contribution is -2.09. The monoisotopic (exact) mass is 295 g/mol. The van der Waals surface area contributed by atoms with Gasteiger partial charge in [-0.1, -0.05) is 12.1 Å². The first-order valence-electron chi connectivity index (χ1n) is 4.22. The van der Waals surface area contributed by atoms with Crippen LogP contribution in [0.25, 0.3) is 0 Å². The van der Waals surface area contributed by atoms with Crippen molar-refractivity contribution in [2.45, 2.75) is 4.90 Å². The summed E-state index contributed by atoms with van der Waals surface area (Å²) >= 11 is 10.4. The molecule has 0 amide bonds. The predicted octanol–water partition coefficient (Wildman–Crippen LogP) is 2.00. The molecule has 1 rings (SSSR count). The molecule has 1 aromatic carbocycles. The number of ether oxygens (including phenoxy) is 1. The molecule has 0 radical (unpaired) electrons. The fraction of sp³-hybridized carbons (Fsp3) is 0.111. The van der Waals surface area contributed by atoms with Crippen molar-refractivity contribution in [1.29, 1.82) is 0 Å². The van der Waals surface area contributed by atoms with Gasteiger partial charge in [0.05, 0.1) is 12.7 Å². The minimum Gasteiger partial charge on any atom is -0.465 e. The van der Waals surface area contributed by atoms with Crippen molar-refractivity contribution >= 4 is 43.8 Å². The average Bonchev–Trinajstić information content (AvgIpc) is 2.26. The molecule has 0 saturated heterocycles. The van der Waals surface area contributed by atoms with E-state index in [1.54, 1.807) is 0 Å². The van der Waals surface area contributed by atoms with Crippen LogP contribution in [0.5, 0.6) is 0 Å². The maximum absolute atomic E-state index is 11.7. The molecule has 0 atom stereocenters. The fourth-order valence-electron chi connectivity index (χ4n) is 1.11. The molecule has 0 bridgehead atoms. The smallest absolute Gasteiger partial charge is 0.339 e. The zero-order valence-corrected chi connectivity index (χ0v) is 10.9. The molecule has 0 aliphatic carbocycles. The minimum absolute atomic E-state index is 0.131. The van der Waals surface area contributed by atoms with Crippen LogP contribution in [0, 0.1) is 0 Å². The lowest BCUT2D eigenvalue weighted by Gasteiger charge is -2.05. The van der Waals surface area contributed by atoms with Gasteiger partial charge in [0.15, 0.2) is 0 Å². The molecule has 17 heavy (non-hydrogen) atoms. The van der Waals surface area contributed by atoms with E-state index >= 15 is 0 Å². The van der Waals surface area contributed by atoms with Gasteiger partial charge in [0.2, 0.25) is 4.63 Å². The van der Waals surface area contributed by atoms with E-state index in [1.165, 1.54) is 24.3 Å². The van der Waals surface area contributed by atoms with E-state index in [9.17, 15) is 13.2 Å². The number of halogens is 2. The standard InChI is InChI=1S/C9H7Cl2NO4S/c1-16-8(13)6-4-2-3-5-7(6)17(14,15)12-9(10)11/h2-5H,1H3. The van der Waals surface area contributed by atoms with Gasteiger partial charge in [0, 0.05) is 0 Å². The molecule has 5 nitrogen and oxygen atoms in total. The van der Waals surface area contributed by atoms with E-state index in [0.717, 1.165) is 7.11 Å². The largest absolute Gasteiger partial charge is 0.465 e. The Labute approximate surface area is 108 Å². The molecule has 0 N–H and O–H groups in total. The predicted molar refractivity (Wildman–Crippen MR) is 64.1 cm³/mol. The summed E-state index contributed by atoms with van der Waals surface area (Å²) in [6.45, 7) is 0. The zero-order chi connectivity index (χ0) is 13.1. The number of hydrogen-bond acceptors (Lipinski definition) is 4. The molecular weight excluding hydrogens is 289 g/mol. The van der Waals surface area contributed by atoms with Gasteiger partial charge in [-0.05, 0) is 35.3 Å². The third-order valence-corrected chi connectivity index (χ3v) is 3.46. The van der Waals surface area contributed by atoms with E-state index in [2.05, 4.69) is 9.13 Å². The summed E-state index contributed by atoms with van der Waals surface area (Å²) in [6.07, 6.45) is 0. The molecule has 0 aromatic heterocycles. The van der Waals surface area contributed by atoms with Crippen molar-refractivity contribution in [3.05, 3.63) is 29.8 Å². The number of carbonyl (C=O) groups excluding carboxylic acids is 1. The number of esters is 1. The van der Waals surface area contributed by atoms with Gasteiger partial charge in [-0.15, -0.1) is 4.40 Å². The molecule has 0 saturated carbocycles. The summed E-state index contributed by atoms with van der Waals surface area (Å²) in [5.41, 5.74) is -0.131. The lowest BCUT2D eigenvalue weighted by molar-refractivity contribution is 0.0596. The molecule has 0 spiro atoms. The van der Waals surface area contributed by atoms with Crippen LogP contribution in [-0.4, -0.2) is 26.1 Å². The number of rotatable bonds is 3. The third-order valence-electron chi connectivity index (χ3n) is 1.76.